The summed E-state index contributed by atoms with van der Waals surface area (Å²) in [5, 5.41) is 11.8. The molecule has 104 valence electrons. The van der Waals surface area contributed by atoms with Gasteiger partial charge in [0.2, 0.25) is 0 Å². The summed E-state index contributed by atoms with van der Waals surface area (Å²) < 4.78 is 0. The van der Waals surface area contributed by atoms with Gasteiger partial charge in [0, 0.05) is 12.1 Å². The average molecular weight is 263 g/mol. The molecule has 1 aromatic rings. The smallest absolute Gasteiger partial charge is 0.308 e. The summed E-state index contributed by atoms with van der Waals surface area (Å²) in [6.07, 6.45) is 0.559. The maximum atomic E-state index is 11.9. The quantitative estimate of drug-likeness (QED) is 0.828. The molecule has 0 saturated heterocycles. The summed E-state index contributed by atoms with van der Waals surface area (Å²) in [6, 6.07) is 7.23. The number of amides is 1. The van der Waals surface area contributed by atoms with Crippen molar-refractivity contribution in [2.45, 2.75) is 27.2 Å². The molecular weight excluding hydrogens is 242 g/mol. The molecule has 19 heavy (non-hydrogen) atoms. The van der Waals surface area contributed by atoms with E-state index in [-0.39, 0.29) is 18.4 Å². The standard InChI is InChI=1S/C15H21NO3/c1-10(2)7-13(15(18)19)9-16-14(17)12-6-4-5-11(3)8-12/h4-6,8,10,13H,7,9H2,1-3H3,(H,16,17)(H,18,19). The molecule has 0 fully saturated rings. The Bertz CT molecular complexity index is 454. The highest BCUT2D eigenvalue weighted by Crippen LogP contribution is 2.11. The lowest BCUT2D eigenvalue weighted by atomic mass is 9.97. The van der Waals surface area contributed by atoms with Gasteiger partial charge in [-0.25, -0.2) is 0 Å². The van der Waals surface area contributed by atoms with Crippen LogP contribution in [0.3, 0.4) is 0 Å². The predicted molar refractivity (Wildman–Crippen MR) is 74.1 cm³/mol. The van der Waals surface area contributed by atoms with Gasteiger partial charge >= 0.3 is 5.97 Å². The van der Waals surface area contributed by atoms with Gasteiger partial charge < -0.3 is 10.4 Å². The fourth-order valence-electron chi connectivity index (χ4n) is 1.94. The van der Waals surface area contributed by atoms with Crippen molar-refractivity contribution >= 4 is 11.9 Å². The zero-order chi connectivity index (χ0) is 14.4. The molecule has 1 amide bonds. The third kappa shape index (κ3) is 5.12. The van der Waals surface area contributed by atoms with Gasteiger partial charge in [-0.05, 0) is 31.4 Å². The first-order valence-corrected chi connectivity index (χ1v) is 6.47. The van der Waals surface area contributed by atoms with Crippen molar-refractivity contribution in [1.29, 1.82) is 0 Å². The van der Waals surface area contributed by atoms with Crippen LogP contribution in [0.1, 0.15) is 36.2 Å². The predicted octanol–water partition coefficient (Wildman–Crippen LogP) is 2.47. The highest BCUT2D eigenvalue weighted by molar-refractivity contribution is 5.94. The lowest BCUT2D eigenvalue weighted by Gasteiger charge is -2.15. The second-order valence-electron chi connectivity index (χ2n) is 5.24. The number of hydrogen-bond acceptors (Lipinski definition) is 2. The lowest BCUT2D eigenvalue weighted by molar-refractivity contribution is -0.142. The Kier molecular flexibility index (Phi) is 5.55. The van der Waals surface area contributed by atoms with Gasteiger partial charge in [-0.2, -0.15) is 0 Å². The molecule has 0 aromatic heterocycles. The van der Waals surface area contributed by atoms with Crippen LogP contribution >= 0.6 is 0 Å². The van der Waals surface area contributed by atoms with Gasteiger partial charge in [-0.15, -0.1) is 0 Å². The molecule has 0 saturated carbocycles. The number of carbonyl (C=O) groups is 2. The maximum absolute atomic E-state index is 11.9. The SMILES string of the molecule is Cc1cccc(C(=O)NCC(CC(C)C)C(=O)O)c1. The van der Waals surface area contributed by atoms with E-state index in [1.807, 2.05) is 32.9 Å². The highest BCUT2D eigenvalue weighted by atomic mass is 16.4. The summed E-state index contributed by atoms with van der Waals surface area (Å²) in [5.41, 5.74) is 1.57. The fourth-order valence-corrected chi connectivity index (χ4v) is 1.94. The third-order valence-corrected chi connectivity index (χ3v) is 2.89. The van der Waals surface area contributed by atoms with Crippen LogP contribution in [0.2, 0.25) is 0 Å². The molecule has 0 heterocycles. The molecule has 0 bridgehead atoms. The van der Waals surface area contributed by atoms with Gasteiger partial charge in [0.1, 0.15) is 0 Å². The van der Waals surface area contributed by atoms with Crippen LogP contribution in [0.5, 0.6) is 0 Å². The minimum Gasteiger partial charge on any atom is -0.481 e. The molecule has 0 spiro atoms. The van der Waals surface area contributed by atoms with Gasteiger partial charge in [-0.3, -0.25) is 9.59 Å². The van der Waals surface area contributed by atoms with Gasteiger partial charge in [0.15, 0.2) is 0 Å². The largest absolute Gasteiger partial charge is 0.481 e. The van der Waals surface area contributed by atoms with Crippen LogP contribution < -0.4 is 5.32 Å². The number of aliphatic carboxylic acids is 1. The molecule has 1 unspecified atom stereocenters. The number of hydrogen-bond donors (Lipinski definition) is 2. The average Bonchev–Trinajstić information content (AvgIpc) is 2.33. The van der Waals surface area contributed by atoms with Gasteiger partial charge in [0.05, 0.1) is 5.92 Å². The molecule has 4 nitrogen and oxygen atoms in total. The number of carboxylic acid groups (broad SMARTS) is 1. The van der Waals surface area contributed by atoms with E-state index in [1.165, 1.54) is 0 Å². The monoisotopic (exact) mass is 263 g/mol. The number of benzene rings is 1. The van der Waals surface area contributed by atoms with E-state index in [9.17, 15) is 9.59 Å². The topological polar surface area (TPSA) is 66.4 Å². The van der Waals surface area contributed by atoms with E-state index in [0.29, 0.717) is 12.0 Å². The van der Waals surface area contributed by atoms with E-state index >= 15 is 0 Å². The number of carbonyl (C=O) groups excluding carboxylic acids is 1. The number of carboxylic acids is 1. The van der Waals surface area contributed by atoms with Gasteiger partial charge in [-0.1, -0.05) is 31.5 Å². The van der Waals surface area contributed by atoms with E-state index in [4.69, 9.17) is 5.11 Å². The molecule has 0 radical (unpaired) electrons. The van der Waals surface area contributed by atoms with Crippen LogP contribution in [0.4, 0.5) is 0 Å². The van der Waals surface area contributed by atoms with Crippen molar-refractivity contribution in [2.24, 2.45) is 11.8 Å². The van der Waals surface area contributed by atoms with Crippen molar-refractivity contribution < 1.29 is 14.7 Å². The second-order valence-corrected chi connectivity index (χ2v) is 5.24. The molecular formula is C15H21NO3. The highest BCUT2D eigenvalue weighted by Gasteiger charge is 2.19. The first-order chi connectivity index (χ1) is 8.90. The zero-order valence-corrected chi connectivity index (χ0v) is 11.6. The van der Waals surface area contributed by atoms with Crippen LogP contribution in [-0.4, -0.2) is 23.5 Å². The summed E-state index contributed by atoms with van der Waals surface area (Å²) >= 11 is 0. The van der Waals surface area contributed by atoms with Crippen LogP contribution in [-0.2, 0) is 4.79 Å². The van der Waals surface area contributed by atoms with Crippen molar-refractivity contribution in [3.8, 4) is 0 Å². The Balaban J connectivity index is 2.59. The van der Waals surface area contributed by atoms with Crippen LogP contribution in [0.25, 0.3) is 0 Å². The van der Waals surface area contributed by atoms with E-state index in [1.54, 1.807) is 12.1 Å². The molecule has 4 heteroatoms. The minimum atomic E-state index is -0.863. The normalized spacial score (nSPS) is 12.2. The molecule has 0 aliphatic carbocycles. The van der Waals surface area contributed by atoms with E-state index in [2.05, 4.69) is 5.32 Å². The molecule has 1 aromatic carbocycles. The number of nitrogens with one attached hydrogen (secondary N) is 1. The van der Waals surface area contributed by atoms with Gasteiger partial charge in [0.25, 0.3) is 5.91 Å². The Morgan fingerprint density at radius 2 is 2.00 bits per heavy atom. The number of aryl methyl sites for hydroxylation is 1. The van der Waals surface area contributed by atoms with Crippen molar-refractivity contribution in [2.75, 3.05) is 6.54 Å². The third-order valence-electron chi connectivity index (χ3n) is 2.89. The van der Waals surface area contributed by atoms with E-state index in [0.717, 1.165) is 5.56 Å². The Labute approximate surface area is 113 Å². The van der Waals surface area contributed by atoms with Crippen LogP contribution in [0, 0.1) is 18.8 Å². The fraction of sp³-hybridized carbons (Fsp3) is 0.467. The maximum Gasteiger partial charge on any atom is 0.308 e. The number of rotatable bonds is 6. The molecule has 1 atom stereocenters. The zero-order valence-electron chi connectivity index (χ0n) is 11.6. The first-order valence-electron chi connectivity index (χ1n) is 6.47. The molecule has 1 rings (SSSR count). The second kappa shape index (κ2) is 6.92. The summed E-state index contributed by atoms with van der Waals surface area (Å²) in [7, 11) is 0. The Hall–Kier alpha value is -1.84. The summed E-state index contributed by atoms with van der Waals surface area (Å²) in [5.74, 6) is -1.33. The summed E-state index contributed by atoms with van der Waals surface area (Å²) in [4.78, 5) is 23.0. The van der Waals surface area contributed by atoms with Crippen LogP contribution in [0.15, 0.2) is 24.3 Å². The van der Waals surface area contributed by atoms with E-state index < -0.39 is 11.9 Å². The molecule has 0 aliphatic rings. The van der Waals surface area contributed by atoms with Crippen molar-refractivity contribution in [1.82, 2.24) is 5.32 Å². The minimum absolute atomic E-state index is 0.167. The van der Waals surface area contributed by atoms with Crippen molar-refractivity contribution in [3.63, 3.8) is 0 Å². The summed E-state index contributed by atoms with van der Waals surface area (Å²) in [6.45, 7) is 6.02. The Morgan fingerprint density at radius 3 is 2.53 bits per heavy atom. The first kappa shape index (κ1) is 15.2. The molecule has 2 N–H and O–H groups in total. The Morgan fingerprint density at radius 1 is 1.32 bits per heavy atom. The lowest BCUT2D eigenvalue weighted by Crippen LogP contribution is -2.33. The molecule has 0 aliphatic heterocycles. The van der Waals surface area contributed by atoms with Crippen molar-refractivity contribution in [3.05, 3.63) is 35.4 Å².